The minimum atomic E-state index is 0.152. The average molecular weight is 331 g/mol. The molecule has 0 bridgehead atoms. The van der Waals surface area contributed by atoms with E-state index in [2.05, 4.69) is 50.4 Å². The van der Waals surface area contributed by atoms with Crippen molar-refractivity contribution in [3.8, 4) is 0 Å². The maximum absolute atomic E-state index is 5.13. The highest BCUT2D eigenvalue weighted by Crippen LogP contribution is 2.24. The van der Waals surface area contributed by atoms with Crippen LogP contribution in [0.4, 0.5) is 11.8 Å². The highest BCUT2D eigenvalue weighted by atomic mass is 79.9. The van der Waals surface area contributed by atoms with Gasteiger partial charge in [-0.05, 0) is 34.7 Å². The van der Waals surface area contributed by atoms with Crippen LogP contribution in [0.3, 0.4) is 0 Å². The molecule has 108 valence electrons. The van der Waals surface area contributed by atoms with Crippen molar-refractivity contribution < 1.29 is 4.74 Å². The first kappa shape index (κ1) is 16.2. The van der Waals surface area contributed by atoms with Crippen molar-refractivity contribution in [2.75, 3.05) is 37.4 Å². The second-order valence-electron chi connectivity index (χ2n) is 5.18. The minimum Gasteiger partial charge on any atom is -0.385 e. The molecule has 0 spiro atoms. The predicted octanol–water partition coefficient (Wildman–Crippen LogP) is 3.15. The van der Waals surface area contributed by atoms with Crippen LogP contribution in [0.5, 0.6) is 0 Å². The van der Waals surface area contributed by atoms with Gasteiger partial charge in [0.15, 0.2) is 0 Å². The number of hydrogen-bond acceptors (Lipinski definition) is 5. The summed E-state index contributed by atoms with van der Waals surface area (Å²) in [6.45, 7) is 8.84. The molecule has 0 aliphatic rings. The molecule has 19 heavy (non-hydrogen) atoms. The molecule has 1 rings (SSSR count). The summed E-state index contributed by atoms with van der Waals surface area (Å²) in [5.41, 5.74) is 0.152. The summed E-state index contributed by atoms with van der Waals surface area (Å²) in [6, 6.07) is 0. The van der Waals surface area contributed by atoms with Gasteiger partial charge in [-0.2, -0.15) is 4.98 Å². The van der Waals surface area contributed by atoms with E-state index in [1.807, 2.05) is 6.92 Å². The lowest BCUT2D eigenvalue weighted by Gasteiger charge is -2.25. The topological polar surface area (TPSA) is 59.1 Å². The standard InChI is InChI=1S/C13H23BrN4O/c1-5-15-12-16-8-10(14)11(18-12)17-9-13(2,3)6-7-19-4/h8H,5-7,9H2,1-4H3,(H2,15,16,17,18). The first-order chi connectivity index (χ1) is 8.98. The zero-order valence-corrected chi connectivity index (χ0v) is 13.7. The van der Waals surface area contributed by atoms with E-state index in [9.17, 15) is 0 Å². The number of methoxy groups -OCH3 is 1. The molecule has 5 nitrogen and oxygen atoms in total. The molecule has 0 aliphatic heterocycles. The summed E-state index contributed by atoms with van der Waals surface area (Å²) < 4.78 is 6.00. The summed E-state index contributed by atoms with van der Waals surface area (Å²) in [5.74, 6) is 1.46. The van der Waals surface area contributed by atoms with Gasteiger partial charge in [0.2, 0.25) is 5.95 Å². The van der Waals surface area contributed by atoms with Crippen LogP contribution >= 0.6 is 15.9 Å². The van der Waals surface area contributed by atoms with Gasteiger partial charge in [0.25, 0.3) is 0 Å². The quantitative estimate of drug-likeness (QED) is 0.766. The van der Waals surface area contributed by atoms with Gasteiger partial charge in [0, 0.05) is 33.0 Å². The number of nitrogens with zero attached hydrogens (tertiary/aromatic N) is 2. The highest BCUT2D eigenvalue weighted by molar-refractivity contribution is 9.10. The molecule has 0 atom stereocenters. The molecule has 0 radical (unpaired) electrons. The second-order valence-corrected chi connectivity index (χ2v) is 6.04. The summed E-state index contributed by atoms with van der Waals surface area (Å²) in [6.07, 6.45) is 2.76. The Hall–Kier alpha value is -0.880. The first-order valence-corrected chi connectivity index (χ1v) is 7.27. The van der Waals surface area contributed by atoms with Crippen LogP contribution in [0.25, 0.3) is 0 Å². The molecule has 0 fully saturated rings. The van der Waals surface area contributed by atoms with E-state index in [-0.39, 0.29) is 5.41 Å². The molecule has 2 N–H and O–H groups in total. The maximum Gasteiger partial charge on any atom is 0.224 e. The summed E-state index contributed by atoms with van der Waals surface area (Å²) in [5, 5.41) is 6.47. The van der Waals surface area contributed by atoms with Gasteiger partial charge in [0.05, 0.1) is 4.47 Å². The Balaban J connectivity index is 2.63. The average Bonchev–Trinajstić information content (AvgIpc) is 2.37. The fourth-order valence-electron chi connectivity index (χ4n) is 1.52. The van der Waals surface area contributed by atoms with E-state index in [1.165, 1.54) is 0 Å². The fraction of sp³-hybridized carbons (Fsp3) is 0.692. The van der Waals surface area contributed by atoms with Gasteiger partial charge < -0.3 is 15.4 Å². The van der Waals surface area contributed by atoms with E-state index in [1.54, 1.807) is 13.3 Å². The molecule has 0 unspecified atom stereocenters. The van der Waals surface area contributed by atoms with Crippen LogP contribution in [0.1, 0.15) is 27.2 Å². The van der Waals surface area contributed by atoms with E-state index >= 15 is 0 Å². The summed E-state index contributed by atoms with van der Waals surface area (Å²) >= 11 is 3.46. The number of anilines is 2. The Kier molecular flexibility index (Phi) is 6.51. The molecule has 0 saturated heterocycles. The Morgan fingerprint density at radius 3 is 2.74 bits per heavy atom. The Bertz CT molecular complexity index is 398. The van der Waals surface area contributed by atoms with Crippen LogP contribution in [0.2, 0.25) is 0 Å². The largest absolute Gasteiger partial charge is 0.385 e. The normalized spacial score (nSPS) is 11.4. The minimum absolute atomic E-state index is 0.152. The highest BCUT2D eigenvalue weighted by Gasteiger charge is 2.18. The number of halogens is 1. The lowest BCUT2D eigenvalue weighted by atomic mass is 9.90. The third kappa shape index (κ3) is 5.74. The van der Waals surface area contributed by atoms with Gasteiger partial charge in [-0.25, -0.2) is 4.98 Å². The second kappa shape index (κ2) is 7.65. The Labute approximate surface area is 123 Å². The molecular formula is C13H23BrN4O. The van der Waals surface area contributed by atoms with E-state index in [4.69, 9.17) is 4.74 Å². The smallest absolute Gasteiger partial charge is 0.224 e. The first-order valence-electron chi connectivity index (χ1n) is 6.47. The molecule has 6 heteroatoms. The Morgan fingerprint density at radius 1 is 1.37 bits per heavy atom. The fourth-order valence-corrected chi connectivity index (χ4v) is 1.86. The molecule has 0 aromatic carbocycles. The van der Waals surface area contributed by atoms with Crippen LogP contribution in [0.15, 0.2) is 10.7 Å². The van der Waals surface area contributed by atoms with Crippen molar-refractivity contribution in [1.82, 2.24) is 9.97 Å². The zero-order valence-electron chi connectivity index (χ0n) is 12.1. The van der Waals surface area contributed by atoms with E-state index < -0.39 is 0 Å². The number of ether oxygens (including phenoxy) is 1. The van der Waals surface area contributed by atoms with Crippen molar-refractivity contribution in [3.63, 3.8) is 0 Å². The van der Waals surface area contributed by atoms with E-state index in [0.29, 0.717) is 5.95 Å². The van der Waals surface area contributed by atoms with Crippen LogP contribution in [-0.2, 0) is 4.74 Å². The number of aromatic nitrogens is 2. The summed E-state index contributed by atoms with van der Waals surface area (Å²) in [7, 11) is 1.73. The van der Waals surface area contributed by atoms with Crippen molar-refractivity contribution in [3.05, 3.63) is 10.7 Å². The third-order valence-corrected chi connectivity index (χ3v) is 3.38. The number of nitrogens with one attached hydrogen (secondary N) is 2. The summed E-state index contributed by atoms with van der Waals surface area (Å²) in [4.78, 5) is 8.63. The lowest BCUT2D eigenvalue weighted by molar-refractivity contribution is 0.157. The monoisotopic (exact) mass is 330 g/mol. The van der Waals surface area contributed by atoms with Crippen LogP contribution in [0, 0.1) is 5.41 Å². The van der Waals surface area contributed by atoms with Crippen LogP contribution < -0.4 is 10.6 Å². The zero-order chi connectivity index (χ0) is 14.3. The number of rotatable bonds is 8. The SMILES string of the molecule is CCNc1ncc(Br)c(NCC(C)(C)CCOC)n1. The van der Waals surface area contributed by atoms with Gasteiger partial charge in [-0.3, -0.25) is 0 Å². The van der Waals surface area contributed by atoms with Crippen molar-refractivity contribution in [2.24, 2.45) is 5.41 Å². The Morgan fingerprint density at radius 2 is 2.11 bits per heavy atom. The maximum atomic E-state index is 5.13. The van der Waals surface area contributed by atoms with Gasteiger partial charge >= 0.3 is 0 Å². The molecule has 0 amide bonds. The van der Waals surface area contributed by atoms with E-state index in [0.717, 1.165) is 36.4 Å². The van der Waals surface area contributed by atoms with Crippen LogP contribution in [-0.4, -0.2) is 36.8 Å². The van der Waals surface area contributed by atoms with Crippen molar-refractivity contribution >= 4 is 27.7 Å². The van der Waals surface area contributed by atoms with Gasteiger partial charge in [-0.15, -0.1) is 0 Å². The molecule has 0 saturated carbocycles. The third-order valence-electron chi connectivity index (χ3n) is 2.80. The number of hydrogen-bond donors (Lipinski definition) is 2. The van der Waals surface area contributed by atoms with Gasteiger partial charge in [-0.1, -0.05) is 13.8 Å². The predicted molar refractivity (Wildman–Crippen MR) is 82.7 cm³/mol. The molecule has 1 aromatic heterocycles. The molecular weight excluding hydrogens is 308 g/mol. The van der Waals surface area contributed by atoms with Crippen molar-refractivity contribution in [1.29, 1.82) is 0 Å². The van der Waals surface area contributed by atoms with Gasteiger partial charge in [0.1, 0.15) is 5.82 Å². The molecule has 1 heterocycles. The lowest BCUT2D eigenvalue weighted by Crippen LogP contribution is -2.25. The molecule has 0 aliphatic carbocycles. The van der Waals surface area contributed by atoms with Crippen molar-refractivity contribution in [2.45, 2.75) is 27.2 Å². The molecule has 1 aromatic rings.